The van der Waals surface area contributed by atoms with E-state index >= 15 is 0 Å². The van der Waals surface area contributed by atoms with Crippen molar-refractivity contribution in [2.24, 2.45) is 5.73 Å². The van der Waals surface area contributed by atoms with Crippen molar-refractivity contribution in [3.8, 4) is 11.5 Å². The fourth-order valence-electron chi connectivity index (χ4n) is 0.875. The Hall–Kier alpha value is -1.36. The summed E-state index contributed by atoms with van der Waals surface area (Å²) in [6.45, 7) is 0. The van der Waals surface area contributed by atoms with Gasteiger partial charge in [-0.1, -0.05) is 6.07 Å². The fourth-order valence-corrected chi connectivity index (χ4v) is 1.04. The average molecular weight is 199 g/mol. The van der Waals surface area contributed by atoms with E-state index in [0.717, 1.165) is 0 Å². The van der Waals surface area contributed by atoms with Crippen LogP contribution in [0.3, 0.4) is 0 Å². The predicted molar refractivity (Wildman–Crippen MR) is 50.7 cm³/mol. The largest absolute Gasteiger partial charge is 0.504 e. The van der Waals surface area contributed by atoms with Crippen LogP contribution in [0.1, 0.15) is 10.8 Å². The quantitative estimate of drug-likeness (QED) is 0.414. The van der Waals surface area contributed by atoms with Crippen molar-refractivity contribution in [1.29, 1.82) is 0 Å². The van der Waals surface area contributed by atoms with Crippen LogP contribution in [0.5, 0.6) is 11.5 Å². The summed E-state index contributed by atoms with van der Waals surface area (Å²) in [6.07, 6.45) is 0. The number of hydrogen-bond acceptors (Lipinski definition) is 4. The molecule has 0 radical (unpaired) electrons. The van der Waals surface area contributed by atoms with Gasteiger partial charge in [0.15, 0.2) is 11.5 Å². The highest BCUT2D eigenvalue weighted by molar-refractivity contribution is 7.81. The molecule has 0 aliphatic rings. The standard InChI is InChI=1S/C8H9NO3S/c9-8(12)7(13)4-1-2-5(10)6(11)3-4/h1-3,7,10-11,13H,(H2,9,12). The topological polar surface area (TPSA) is 83.6 Å². The Morgan fingerprint density at radius 2 is 2.00 bits per heavy atom. The molecule has 5 heteroatoms. The van der Waals surface area contributed by atoms with Gasteiger partial charge in [0.25, 0.3) is 0 Å². The van der Waals surface area contributed by atoms with Gasteiger partial charge in [-0.3, -0.25) is 4.79 Å². The van der Waals surface area contributed by atoms with Gasteiger partial charge in [0.2, 0.25) is 5.91 Å². The van der Waals surface area contributed by atoms with Gasteiger partial charge in [-0.15, -0.1) is 0 Å². The number of hydrogen-bond donors (Lipinski definition) is 4. The summed E-state index contributed by atoms with van der Waals surface area (Å²) in [6, 6.07) is 3.99. The number of nitrogens with two attached hydrogens (primary N) is 1. The molecule has 0 saturated carbocycles. The summed E-state index contributed by atoms with van der Waals surface area (Å²) in [5.41, 5.74) is 5.45. The van der Waals surface area contributed by atoms with Gasteiger partial charge in [0.1, 0.15) is 5.25 Å². The fraction of sp³-hybridized carbons (Fsp3) is 0.125. The number of rotatable bonds is 2. The highest BCUT2D eigenvalue weighted by atomic mass is 32.1. The van der Waals surface area contributed by atoms with Gasteiger partial charge in [-0.2, -0.15) is 12.6 Å². The highest BCUT2D eigenvalue weighted by Gasteiger charge is 2.13. The first-order valence-corrected chi connectivity index (χ1v) is 4.03. The Bertz CT molecular complexity index is 340. The number of phenolic OH excluding ortho intramolecular Hbond substituents is 2. The molecule has 1 aromatic carbocycles. The van der Waals surface area contributed by atoms with E-state index in [1.165, 1.54) is 18.2 Å². The van der Waals surface area contributed by atoms with Crippen molar-refractivity contribution >= 4 is 18.5 Å². The molecule has 0 bridgehead atoms. The predicted octanol–water partition coefficient (Wildman–Crippen LogP) is 0.554. The number of carbonyl (C=O) groups is 1. The summed E-state index contributed by atoms with van der Waals surface area (Å²) < 4.78 is 0. The number of carbonyl (C=O) groups excluding carboxylic acids is 1. The Morgan fingerprint density at radius 1 is 1.38 bits per heavy atom. The van der Waals surface area contributed by atoms with Crippen LogP contribution in [0.25, 0.3) is 0 Å². The van der Waals surface area contributed by atoms with Crippen molar-refractivity contribution < 1.29 is 15.0 Å². The third-order valence-corrected chi connectivity index (χ3v) is 2.14. The number of phenols is 2. The molecule has 13 heavy (non-hydrogen) atoms. The number of thiol groups is 1. The second-order valence-corrected chi connectivity index (χ2v) is 3.07. The van der Waals surface area contributed by atoms with Gasteiger partial charge in [0.05, 0.1) is 0 Å². The average Bonchev–Trinajstić information content (AvgIpc) is 2.08. The van der Waals surface area contributed by atoms with Crippen molar-refractivity contribution in [3.05, 3.63) is 23.8 Å². The Kier molecular flexibility index (Phi) is 2.67. The number of primary amides is 1. The van der Waals surface area contributed by atoms with Crippen LogP contribution in [0.4, 0.5) is 0 Å². The maximum absolute atomic E-state index is 10.7. The summed E-state index contributed by atoms with van der Waals surface area (Å²) in [5.74, 6) is -1.14. The number of benzene rings is 1. The van der Waals surface area contributed by atoms with Crippen molar-refractivity contribution in [3.63, 3.8) is 0 Å². The lowest BCUT2D eigenvalue weighted by atomic mass is 10.1. The number of aromatic hydroxyl groups is 2. The van der Waals surface area contributed by atoms with Crippen molar-refractivity contribution in [1.82, 2.24) is 0 Å². The van der Waals surface area contributed by atoms with E-state index in [0.29, 0.717) is 5.56 Å². The maximum atomic E-state index is 10.7. The second kappa shape index (κ2) is 3.57. The van der Waals surface area contributed by atoms with Crippen LogP contribution in [0, 0.1) is 0 Å². The Labute approximate surface area is 80.4 Å². The van der Waals surface area contributed by atoms with E-state index in [1.54, 1.807) is 0 Å². The highest BCUT2D eigenvalue weighted by Crippen LogP contribution is 2.29. The van der Waals surface area contributed by atoms with Crippen LogP contribution < -0.4 is 5.73 Å². The molecule has 4 N–H and O–H groups in total. The number of amides is 1. The minimum atomic E-state index is -0.772. The lowest BCUT2D eigenvalue weighted by Gasteiger charge is -2.07. The molecule has 1 rings (SSSR count). The van der Waals surface area contributed by atoms with E-state index in [1.807, 2.05) is 0 Å². The van der Waals surface area contributed by atoms with Crippen LogP contribution in [0.2, 0.25) is 0 Å². The van der Waals surface area contributed by atoms with Gasteiger partial charge in [0, 0.05) is 0 Å². The molecular weight excluding hydrogens is 190 g/mol. The van der Waals surface area contributed by atoms with Crippen LogP contribution in [-0.2, 0) is 4.79 Å². The van der Waals surface area contributed by atoms with Gasteiger partial charge < -0.3 is 15.9 Å². The third-order valence-electron chi connectivity index (χ3n) is 1.58. The van der Waals surface area contributed by atoms with Gasteiger partial charge in [-0.05, 0) is 17.7 Å². The van der Waals surface area contributed by atoms with Gasteiger partial charge >= 0.3 is 0 Å². The molecule has 0 aliphatic carbocycles. The van der Waals surface area contributed by atoms with Crippen LogP contribution in [0.15, 0.2) is 18.2 Å². The molecule has 0 saturated heterocycles. The summed E-state index contributed by atoms with van der Waals surface area (Å²) in [5, 5.41) is 17.3. The van der Waals surface area contributed by atoms with Gasteiger partial charge in [-0.25, -0.2) is 0 Å². The molecule has 70 valence electrons. The molecule has 0 aromatic heterocycles. The summed E-state index contributed by atoms with van der Waals surface area (Å²) in [7, 11) is 0. The molecule has 0 heterocycles. The molecule has 4 nitrogen and oxygen atoms in total. The van der Waals surface area contributed by atoms with E-state index in [-0.39, 0.29) is 11.5 Å². The SMILES string of the molecule is NC(=O)C(S)c1ccc(O)c(O)c1. The van der Waals surface area contributed by atoms with E-state index in [4.69, 9.17) is 15.9 Å². The summed E-state index contributed by atoms with van der Waals surface area (Å²) in [4.78, 5) is 10.7. The van der Waals surface area contributed by atoms with Crippen LogP contribution in [-0.4, -0.2) is 16.1 Å². The zero-order valence-electron chi connectivity index (χ0n) is 6.64. The van der Waals surface area contributed by atoms with Crippen LogP contribution >= 0.6 is 12.6 Å². The van der Waals surface area contributed by atoms with E-state index in [9.17, 15) is 4.79 Å². The minimum absolute atomic E-state index is 0.242. The van der Waals surface area contributed by atoms with Crippen molar-refractivity contribution in [2.45, 2.75) is 5.25 Å². The lowest BCUT2D eigenvalue weighted by Crippen LogP contribution is -2.16. The molecule has 1 amide bonds. The Balaban J connectivity index is 3.03. The summed E-state index contributed by atoms with van der Waals surface area (Å²) >= 11 is 3.93. The Morgan fingerprint density at radius 3 is 2.46 bits per heavy atom. The molecule has 1 atom stereocenters. The maximum Gasteiger partial charge on any atom is 0.234 e. The van der Waals surface area contributed by atoms with Crippen molar-refractivity contribution in [2.75, 3.05) is 0 Å². The van der Waals surface area contributed by atoms with E-state index in [2.05, 4.69) is 12.6 Å². The monoisotopic (exact) mass is 199 g/mol. The smallest absolute Gasteiger partial charge is 0.234 e. The first-order chi connectivity index (χ1) is 6.02. The first-order valence-electron chi connectivity index (χ1n) is 3.51. The third kappa shape index (κ3) is 2.06. The molecule has 0 spiro atoms. The first kappa shape index (κ1) is 9.73. The molecule has 0 aliphatic heterocycles. The zero-order chi connectivity index (χ0) is 10.0. The van der Waals surface area contributed by atoms with E-state index < -0.39 is 11.2 Å². The molecule has 0 fully saturated rings. The lowest BCUT2D eigenvalue weighted by molar-refractivity contribution is -0.117. The second-order valence-electron chi connectivity index (χ2n) is 2.55. The molecule has 1 aromatic rings. The normalized spacial score (nSPS) is 12.4. The molecule has 1 unspecified atom stereocenters. The minimum Gasteiger partial charge on any atom is -0.504 e. The molecular formula is C8H9NO3S. The zero-order valence-corrected chi connectivity index (χ0v) is 7.53.